The highest BCUT2D eigenvalue weighted by atomic mass is 16.5. The number of esters is 1. The van der Waals surface area contributed by atoms with Crippen LogP contribution in [0.15, 0.2) is 30.8 Å². The summed E-state index contributed by atoms with van der Waals surface area (Å²) in [6, 6.07) is 7.29. The predicted molar refractivity (Wildman–Crippen MR) is 61.7 cm³/mol. The van der Waals surface area contributed by atoms with Crippen LogP contribution in [0, 0.1) is 0 Å². The van der Waals surface area contributed by atoms with Crippen molar-refractivity contribution in [3.05, 3.63) is 42.0 Å². The van der Waals surface area contributed by atoms with E-state index in [2.05, 4.69) is 6.58 Å². The van der Waals surface area contributed by atoms with E-state index in [0.29, 0.717) is 12.2 Å². The van der Waals surface area contributed by atoms with E-state index in [-0.39, 0.29) is 5.97 Å². The van der Waals surface area contributed by atoms with Crippen molar-refractivity contribution in [2.45, 2.75) is 20.3 Å². The zero-order valence-corrected chi connectivity index (χ0v) is 9.25. The van der Waals surface area contributed by atoms with Crippen molar-refractivity contribution in [1.29, 1.82) is 0 Å². The average molecular weight is 204 g/mol. The molecule has 0 spiro atoms. The first-order chi connectivity index (χ1) is 7.15. The van der Waals surface area contributed by atoms with Crippen LogP contribution >= 0.6 is 0 Å². The maximum atomic E-state index is 11.4. The average Bonchev–Trinajstić information content (AvgIpc) is 2.26. The standard InChI is InChI=1S/C13H16O2/c1-4-9-15-13(14)12-7-5-11(6-8-12)10(2)3/h5-8H,2,4,9H2,1,3H3. The number of allylic oxidation sites excluding steroid dienone is 1. The van der Waals surface area contributed by atoms with Crippen molar-refractivity contribution in [2.24, 2.45) is 0 Å². The molecular weight excluding hydrogens is 188 g/mol. The van der Waals surface area contributed by atoms with Gasteiger partial charge < -0.3 is 4.74 Å². The number of benzene rings is 1. The summed E-state index contributed by atoms with van der Waals surface area (Å²) in [6.07, 6.45) is 0.843. The van der Waals surface area contributed by atoms with Crippen LogP contribution in [0.25, 0.3) is 5.57 Å². The first-order valence-corrected chi connectivity index (χ1v) is 5.08. The van der Waals surface area contributed by atoms with Crippen LogP contribution in [-0.4, -0.2) is 12.6 Å². The van der Waals surface area contributed by atoms with Crippen LogP contribution in [0.1, 0.15) is 36.2 Å². The zero-order chi connectivity index (χ0) is 11.3. The first-order valence-electron chi connectivity index (χ1n) is 5.08. The van der Waals surface area contributed by atoms with Gasteiger partial charge in [0.2, 0.25) is 0 Å². The van der Waals surface area contributed by atoms with Crippen LogP contribution in [0.2, 0.25) is 0 Å². The molecule has 0 N–H and O–H groups in total. The van der Waals surface area contributed by atoms with Crippen LogP contribution in [-0.2, 0) is 4.74 Å². The molecule has 0 aromatic heterocycles. The summed E-state index contributed by atoms with van der Waals surface area (Å²) < 4.78 is 5.02. The first kappa shape index (κ1) is 11.5. The highest BCUT2D eigenvalue weighted by molar-refractivity contribution is 5.89. The normalized spacial score (nSPS) is 9.73. The molecule has 0 bridgehead atoms. The van der Waals surface area contributed by atoms with Crippen LogP contribution < -0.4 is 0 Å². The molecule has 0 unspecified atom stereocenters. The van der Waals surface area contributed by atoms with E-state index in [9.17, 15) is 4.79 Å². The van der Waals surface area contributed by atoms with Gasteiger partial charge in [-0.1, -0.05) is 31.2 Å². The monoisotopic (exact) mass is 204 g/mol. The van der Waals surface area contributed by atoms with Gasteiger partial charge in [-0.3, -0.25) is 0 Å². The highest BCUT2D eigenvalue weighted by Gasteiger charge is 2.05. The molecule has 0 atom stereocenters. The van der Waals surface area contributed by atoms with Crippen molar-refractivity contribution in [1.82, 2.24) is 0 Å². The minimum atomic E-state index is -0.259. The summed E-state index contributed by atoms with van der Waals surface area (Å²) in [5, 5.41) is 0. The van der Waals surface area contributed by atoms with E-state index in [1.165, 1.54) is 0 Å². The second kappa shape index (κ2) is 5.35. The molecule has 80 valence electrons. The summed E-state index contributed by atoms with van der Waals surface area (Å²) in [4.78, 5) is 11.4. The van der Waals surface area contributed by atoms with Crippen molar-refractivity contribution in [3.8, 4) is 0 Å². The van der Waals surface area contributed by atoms with E-state index < -0.39 is 0 Å². The highest BCUT2D eigenvalue weighted by Crippen LogP contribution is 2.12. The number of hydrogen-bond donors (Lipinski definition) is 0. The largest absolute Gasteiger partial charge is 0.462 e. The molecule has 0 saturated carbocycles. The lowest BCUT2D eigenvalue weighted by Crippen LogP contribution is -2.05. The second-order valence-corrected chi connectivity index (χ2v) is 3.49. The van der Waals surface area contributed by atoms with Crippen molar-refractivity contribution in [3.63, 3.8) is 0 Å². The Balaban J connectivity index is 2.71. The smallest absolute Gasteiger partial charge is 0.338 e. The van der Waals surface area contributed by atoms with E-state index in [0.717, 1.165) is 17.6 Å². The van der Waals surface area contributed by atoms with Gasteiger partial charge in [0, 0.05) is 0 Å². The fourth-order valence-corrected chi connectivity index (χ4v) is 1.17. The molecule has 0 fully saturated rings. The van der Waals surface area contributed by atoms with E-state index in [1.807, 2.05) is 26.0 Å². The molecular formula is C13H16O2. The number of carbonyl (C=O) groups is 1. The maximum absolute atomic E-state index is 11.4. The van der Waals surface area contributed by atoms with Gasteiger partial charge in [-0.2, -0.15) is 0 Å². The Morgan fingerprint density at radius 1 is 1.27 bits per heavy atom. The fraction of sp³-hybridized carbons (Fsp3) is 0.308. The second-order valence-electron chi connectivity index (χ2n) is 3.49. The van der Waals surface area contributed by atoms with Crippen molar-refractivity contribution >= 4 is 11.5 Å². The molecule has 2 nitrogen and oxygen atoms in total. The van der Waals surface area contributed by atoms with Crippen molar-refractivity contribution in [2.75, 3.05) is 6.61 Å². The Morgan fingerprint density at radius 2 is 1.80 bits per heavy atom. The van der Waals surface area contributed by atoms with Gasteiger partial charge in [0.15, 0.2) is 0 Å². The van der Waals surface area contributed by atoms with Crippen molar-refractivity contribution < 1.29 is 9.53 Å². The van der Waals surface area contributed by atoms with Gasteiger partial charge in [0.25, 0.3) is 0 Å². The van der Waals surface area contributed by atoms with E-state index >= 15 is 0 Å². The third kappa shape index (κ3) is 3.24. The Kier molecular flexibility index (Phi) is 4.10. The third-order valence-corrected chi connectivity index (χ3v) is 2.05. The quantitative estimate of drug-likeness (QED) is 0.703. The van der Waals surface area contributed by atoms with Gasteiger partial charge in [-0.05, 0) is 31.0 Å². The summed E-state index contributed by atoms with van der Waals surface area (Å²) in [6.45, 7) is 8.21. The molecule has 1 aromatic carbocycles. The molecule has 0 heterocycles. The summed E-state index contributed by atoms with van der Waals surface area (Å²) in [5.74, 6) is -0.259. The lowest BCUT2D eigenvalue weighted by molar-refractivity contribution is 0.0505. The molecule has 2 heteroatoms. The van der Waals surface area contributed by atoms with E-state index in [1.54, 1.807) is 12.1 Å². The van der Waals surface area contributed by atoms with Gasteiger partial charge in [-0.25, -0.2) is 4.79 Å². The predicted octanol–water partition coefficient (Wildman–Crippen LogP) is 3.29. The minimum Gasteiger partial charge on any atom is -0.462 e. The maximum Gasteiger partial charge on any atom is 0.338 e. The number of ether oxygens (including phenoxy) is 1. The Labute approximate surface area is 90.6 Å². The fourth-order valence-electron chi connectivity index (χ4n) is 1.17. The SMILES string of the molecule is C=C(C)c1ccc(C(=O)OCCC)cc1. The molecule has 0 aliphatic rings. The molecule has 0 aliphatic heterocycles. The number of rotatable bonds is 4. The van der Waals surface area contributed by atoms with Crippen LogP contribution in [0.4, 0.5) is 0 Å². The number of hydrogen-bond acceptors (Lipinski definition) is 2. The van der Waals surface area contributed by atoms with Gasteiger partial charge in [0.1, 0.15) is 0 Å². The number of carbonyl (C=O) groups excluding carboxylic acids is 1. The van der Waals surface area contributed by atoms with Gasteiger partial charge in [0.05, 0.1) is 12.2 Å². The molecule has 0 saturated heterocycles. The van der Waals surface area contributed by atoms with E-state index in [4.69, 9.17) is 4.74 Å². The minimum absolute atomic E-state index is 0.259. The van der Waals surface area contributed by atoms with Crippen LogP contribution in [0.5, 0.6) is 0 Å². The summed E-state index contributed by atoms with van der Waals surface area (Å²) >= 11 is 0. The molecule has 0 amide bonds. The Hall–Kier alpha value is -1.57. The topological polar surface area (TPSA) is 26.3 Å². The molecule has 15 heavy (non-hydrogen) atoms. The lowest BCUT2D eigenvalue weighted by Gasteiger charge is -2.04. The Morgan fingerprint density at radius 3 is 2.27 bits per heavy atom. The lowest BCUT2D eigenvalue weighted by atomic mass is 10.1. The zero-order valence-electron chi connectivity index (χ0n) is 9.25. The summed E-state index contributed by atoms with van der Waals surface area (Å²) in [5.41, 5.74) is 2.62. The molecule has 0 aliphatic carbocycles. The van der Waals surface area contributed by atoms with Gasteiger partial charge >= 0.3 is 5.97 Å². The molecule has 1 rings (SSSR count). The van der Waals surface area contributed by atoms with Gasteiger partial charge in [-0.15, -0.1) is 0 Å². The Bertz CT molecular complexity index is 349. The van der Waals surface area contributed by atoms with Crippen LogP contribution in [0.3, 0.4) is 0 Å². The molecule has 0 radical (unpaired) electrons. The molecule has 1 aromatic rings. The summed E-state index contributed by atoms with van der Waals surface area (Å²) in [7, 11) is 0. The third-order valence-electron chi connectivity index (χ3n) is 2.05.